The molecule has 0 aromatic heterocycles. The standard InChI is InChI=1S/C19H25BrN2O2.2ClH/c20-16-3-1-15(2-4-16)19(7-9-21-10-8-19)18(23)24-17-13-22-11-5-14(17)6-12-22;;/h1-4,14,17,21H,5-13H2;2*1H/t17-;;/m0../s1. The quantitative estimate of drug-likeness (QED) is 0.693. The molecule has 4 nitrogen and oxygen atoms in total. The second kappa shape index (κ2) is 9.24. The Morgan fingerprint density at radius 1 is 1.12 bits per heavy atom. The molecular formula is C19H27BrCl2N2O2. The van der Waals surface area contributed by atoms with Crippen LogP contribution in [0.25, 0.3) is 0 Å². The van der Waals surface area contributed by atoms with E-state index >= 15 is 0 Å². The molecule has 26 heavy (non-hydrogen) atoms. The molecule has 0 aliphatic carbocycles. The van der Waals surface area contributed by atoms with Crippen molar-refractivity contribution >= 4 is 46.7 Å². The molecule has 1 N–H and O–H groups in total. The number of ether oxygens (including phenoxy) is 1. The maximum Gasteiger partial charge on any atom is 0.316 e. The van der Waals surface area contributed by atoms with E-state index in [2.05, 4.69) is 38.3 Å². The van der Waals surface area contributed by atoms with Crippen LogP contribution in [0.4, 0.5) is 0 Å². The number of hydrogen-bond acceptors (Lipinski definition) is 4. The van der Waals surface area contributed by atoms with Crippen molar-refractivity contribution in [1.29, 1.82) is 0 Å². The van der Waals surface area contributed by atoms with Gasteiger partial charge < -0.3 is 10.1 Å². The van der Waals surface area contributed by atoms with Gasteiger partial charge >= 0.3 is 5.97 Å². The molecule has 0 spiro atoms. The van der Waals surface area contributed by atoms with E-state index in [-0.39, 0.29) is 36.9 Å². The Bertz CT molecular complexity index is 600. The number of hydrogen-bond donors (Lipinski definition) is 1. The Kier molecular flexibility index (Phi) is 7.81. The second-order valence-corrected chi connectivity index (χ2v) is 8.34. The molecule has 0 saturated carbocycles. The highest BCUT2D eigenvalue weighted by atomic mass is 79.9. The molecule has 1 aromatic rings. The van der Waals surface area contributed by atoms with Gasteiger partial charge in [-0.1, -0.05) is 28.1 Å². The van der Waals surface area contributed by atoms with Gasteiger partial charge in [0, 0.05) is 11.0 Å². The molecule has 5 rings (SSSR count). The molecule has 0 radical (unpaired) electrons. The van der Waals surface area contributed by atoms with E-state index < -0.39 is 5.41 Å². The monoisotopic (exact) mass is 464 g/mol. The molecule has 7 heteroatoms. The van der Waals surface area contributed by atoms with Gasteiger partial charge in [-0.25, -0.2) is 0 Å². The first-order valence-electron chi connectivity index (χ1n) is 9.08. The minimum Gasteiger partial charge on any atom is -0.460 e. The van der Waals surface area contributed by atoms with Crippen LogP contribution in [-0.4, -0.2) is 49.7 Å². The molecule has 4 fully saturated rings. The molecule has 4 heterocycles. The number of benzene rings is 1. The van der Waals surface area contributed by atoms with Crippen molar-refractivity contribution in [3.05, 3.63) is 34.3 Å². The number of nitrogens with zero attached hydrogens (tertiary/aromatic N) is 1. The summed E-state index contributed by atoms with van der Waals surface area (Å²) < 4.78 is 7.18. The molecule has 1 aromatic carbocycles. The summed E-state index contributed by atoms with van der Waals surface area (Å²) in [5, 5.41) is 3.38. The van der Waals surface area contributed by atoms with Gasteiger partial charge in [0.2, 0.25) is 0 Å². The molecular weight excluding hydrogens is 439 g/mol. The number of nitrogens with one attached hydrogen (secondary N) is 1. The highest BCUT2D eigenvalue weighted by molar-refractivity contribution is 9.10. The fraction of sp³-hybridized carbons (Fsp3) is 0.632. The molecule has 4 aliphatic heterocycles. The lowest BCUT2D eigenvalue weighted by atomic mass is 9.73. The maximum absolute atomic E-state index is 13.3. The third-order valence-corrected chi connectivity index (χ3v) is 6.63. The van der Waals surface area contributed by atoms with Crippen LogP contribution < -0.4 is 5.32 Å². The third kappa shape index (κ3) is 4.22. The van der Waals surface area contributed by atoms with Crippen molar-refractivity contribution < 1.29 is 9.53 Å². The summed E-state index contributed by atoms with van der Waals surface area (Å²) >= 11 is 3.49. The molecule has 4 saturated heterocycles. The van der Waals surface area contributed by atoms with E-state index in [9.17, 15) is 4.79 Å². The SMILES string of the molecule is Cl.Cl.O=C(O[C@H]1CN2CCC1CC2)C1(c2ccc(Br)cc2)CCNCC1. The third-order valence-electron chi connectivity index (χ3n) is 6.10. The Balaban J connectivity index is 0.00000121. The summed E-state index contributed by atoms with van der Waals surface area (Å²) in [7, 11) is 0. The smallest absolute Gasteiger partial charge is 0.316 e. The zero-order valence-electron chi connectivity index (χ0n) is 14.8. The average molecular weight is 466 g/mol. The lowest BCUT2D eigenvalue weighted by molar-refractivity contribution is -0.167. The number of fused-ring (bicyclic) bond motifs is 3. The van der Waals surface area contributed by atoms with Crippen LogP contribution >= 0.6 is 40.7 Å². The van der Waals surface area contributed by atoms with Gasteiger partial charge in [-0.2, -0.15) is 0 Å². The van der Waals surface area contributed by atoms with E-state index in [4.69, 9.17) is 4.74 Å². The van der Waals surface area contributed by atoms with Gasteiger partial charge in [-0.15, -0.1) is 24.8 Å². The Hall–Kier alpha value is -0.330. The minimum atomic E-state index is -0.488. The van der Waals surface area contributed by atoms with E-state index in [0.717, 1.165) is 42.5 Å². The molecule has 0 amide bonds. The summed E-state index contributed by atoms with van der Waals surface area (Å²) in [6.45, 7) is 4.99. The van der Waals surface area contributed by atoms with E-state index in [1.807, 2.05) is 12.1 Å². The number of halogens is 3. The van der Waals surface area contributed by atoms with Crippen LogP contribution in [0, 0.1) is 5.92 Å². The van der Waals surface area contributed by atoms with Crippen LogP contribution in [0.3, 0.4) is 0 Å². The molecule has 4 aliphatic rings. The summed E-state index contributed by atoms with van der Waals surface area (Å²) in [4.78, 5) is 15.7. The first kappa shape index (κ1) is 22.0. The largest absolute Gasteiger partial charge is 0.460 e. The molecule has 2 bridgehead atoms. The Morgan fingerprint density at radius 3 is 2.27 bits per heavy atom. The summed E-state index contributed by atoms with van der Waals surface area (Å²) in [6.07, 6.45) is 4.06. The minimum absolute atomic E-state index is 0. The number of piperidine rings is 4. The molecule has 1 atom stereocenters. The first-order chi connectivity index (χ1) is 11.7. The fourth-order valence-electron chi connectivity index (χ4n) is 4.53. The fourth-order valence-corrected chi connectivity index (χ4v) is 4.79. The number of esters is 1. The topological polar surface area (TPSA) is 41.6 Å². The van der Waals surface area contributed by atoms with E-state index in [1.54, 1.807) is 0 Å². The Labute approximate surface area is 176 Å². The summed E-state index contributed by atoms with van der Waals surface area (Å²) in [5.41, 5.74) is 0.608. The number of carbonyl (C=O) groups excluding carboxylic acids is 1. The van der Waals surface area contributed by atoms with Gasteiger partial charge in [0.05, 0.1) is 5.41 Å². The first-order valence-corrected chi connectivity index (χ1v) is 9.87. The molecule has 0 unspecified atom stereocenters. The van der Waals surface area contributed by atoms with Crippen LogP contribution in [-0.2, 0) is 14.9 Å². The average Bonchev–Trinajstić information content (AvgIpc) is 2.64. The zero-order valence-corrected chi connectivity index (χ0v) is 18.0. The normalized spacial score (nSPS) is 29.2. The lowest BCUT2D eigenvalue weighted by Crippen LogP contribution is -2.54. The summed E-state index contributed by atoms with van der Waals surface area (Å²) in [6, 6.07) is 8.21. The summed E-state index contributed by atoms with van der Waals surface area (Å²) in [5.74, 6) is 0.549. The highest BCUT2D eigenvalue weighted by Gasteiger charge is 2.45. The van der Waals surface area contributed by atoms with Crippen molar-refractivity contribution in [3.63, 3.8) is 0 Å². The van der Waals surface area contributed by atoms with Crippen LogP contribution in [0.2, 0.25) is 0 Å². The van der Waals surface area contributed by atoms with Crippen molar-refractivity contribution in [2.75, 3.05) is 32.7 Å². The predicted octanol–water partition coefficient (Wildman–Crippen LogP) is 3.55. The second-order valence-electron chi connectivity index (χ2n) is 7.42. The number of rotatable bonds is 3. The van der Waals surface area contributed by atoms with Crippen molar-refractivity contribution in [2.45, 2.75) is 37.2 Å². The van der Waals surface area contributed by atoms with Gasteiger partial charge in [0.15, 0.2) is 0 Å². The van der Waals surface area contributed by atoms with Gasteiger partial charge in [0.1, 0.15) is 6.10 Å². The van der Waals surface area contributed by atoms with E-state index in [1.165, 1.54) is 25.9 Å². The van der Waals surface area contributed by atoms with E-state index in [0.29, 0.717) is 5.92 Å². The predicted molar refractivity (Wildman–Crippen MR) is 111 cm³/mol. The Morgan fingerprint density at radius 2 is 1.73 bits per heavy atom. The number of carbonyl (C=O) groups is 1. The van der Waals surface area contributed by atoms with Crippen LogP contribution in [0.15, 0.2) is 28.7 Å². The van der Waals surface area contributed by atoms with Crippen LogP contribution in [0.5, 0.6) is 0 Å². The zero-order chi connectivity index (χ0) is 16.6. The highest BCUT2D eigenvalue weighted by Crippen LogP contribution is 2.38. The van der Waals surface area contributed by atoms with Crippen molar-refractivity contribution in [3.8, 4) is 0 Å². The molecule has 146 valence electrons. The van der Waals surface area contributed by atoms with Crippen LogP contribution in [0.1, 0.15) is 31.2 Å². The van der Waals surface area contributed by atoms with Gasteiger partial charge in [0.25, 0.3) is 0 Å². The maximum atomic E-state index is 13.3. The van der Waals surface area contributed by atoms with Crippen molar-refractivity contribution in [1.82, 2.24) is 10.2 Å². The van der Waals surface area contributed by atoms with Gasteiger partial charge in [-0.05, 0) is 75.5 Å². The van der Waals surface area contributed by atoms with Crippen molar-refractivity contribution in [2.24, 2.45) is 5.92 Å². The lowest BCUT2D eigenvalue weighted by Gasteiger charge is -2.45. The van der Waals surface area contributed by atoms with Gasteiger partial charge in [-0.3, -0.25) is 9.69 Å².